The van der Waals surface area contributed by atoms with Gasteiger partial charge in [0.25, 0.3) is 0 Å². The number of hydrogen-bond acceptors (Lipinski definition) is 2. The quantitative estimate of drug-likeness (QED) is 0.840. The first kappa shape index (κ1) is 10.6. The van der Waals surface area contributed by atoms with Crippen LogP contribution in [0.2, 0.25) is 0 Å². The van der Waals surface area contributed by atoms with Crippen molar-refractivity contribution in [2.45, 2.75) is 19.1 Å². The molecule has 13 heavy (non-hydrogen) atoms. The van der Waals surface area contributed by atoms with Gasteiger partial charge in [-0.2, -0.15) is 0 Å². The smallest absolute Gasteiger partial charge is 0.137 e. The monoisotopic (exact) mass is 247 g/mol. The summed E-state index contributed by atoms with van der Waals surface area (Å²) < 4.78 is 13.4. The van der Waals surface area contributed by atoms with Crippen molar-refractivity contribution in [3.8, 4) is 0 Å². The van der Waals surface area contributed by atoms with Crippen LogP contribution in [0.25, 0.3) is 0 Å². The summed E-state index contributed by atoms with van der Waals surface area (Å²) >= 11 is 3.04. The van der Waals surface area contributed by atoms with Gasteiger partial charge in [-0.3, -0.25) is 0 Å². The molecular weight excluding hydrogens is 237 g/mol. The lowest BCUT2D eigenvalue weighted by Gasteiger charge is -2.15. The first-order valence-electron chi connectivity index (χ1n) is 3.91. The second-order valence-electron chi connectivity index (χ2n) is 2.94. The minimum atomic E-state index is -0.680. The van der Waals surface area contributed by atoms with Crippen LogP contribution in [0.4, 0.5) is 4.39 Å². The van der Waals surface area contributed by atoms with Gasteiger partial charge in [0.1, 0.15) is 5.82 Å². The molecule has 0 fully saturated rings. The van der Waals surface area contributed by atoms with Crippen molar-refractivity contribution in [2.24, 2.45) is 5.73 Å². The van der Waals surface area contributed by atoms with Gasteiger partial charge >= 0.3 is 0 Å². The van der Waals surface area contributed by atoms with E-state index in [0.717, 1.165) is 0 Å². The van der Waals surface area contributed by atoms with Crippen LogP contribution in [0, 0.1) is 5.82 Å². The van der Waals surface area contributed by atoms with Gasteiger partial charge in [0.15, 0.2) is 0 Å². The predicted molar refractivity (Wildman–Crippen MR) is 52.7 cm³/mol. The number of aliphatic hydroxyl groups is 1. The van der Waals surface area contributed by atoms with Gasteiger partial charge in [0, 0.05) is 0 Å². The summed E-state index contributed by atoms with van der Waals surface area (Å²) in [5.74, 6) is -0.367. The maximum atomic E-state index is 13.0. The lowest BCUT2D eigenvalue weighted by molar-refractivity contribution is 0.164. The molecule has 0 spiro atoms. The van der Waals surface area contributed by atoms with Crippen molar-refractivity contribution in [1.82, 2.24) is 0 Å². The Hall–Kier alpha value is -0.450. The lowest BCUT2D eigenvalue weighted by atomic mass is 10.0. The van der Waals surface area contributed by atoms with E-state index in [1.165, 1.54) is 6.07 Å². The molecule has 0 bridgehead atoms. The van der Waals surface area contributed by atoms with E-state index in [9.17, 15) is 9.50 Å². The average Bonchev–Trinajstić information content (AvgIpc) is 2.08. The Morgan fingerprint density at radius 3 is 2.62 bits per heavy atom. The first-order chi connectivity index (χ1) is 6.02. The molecule has 0 aliphatic heterocycles. The highest BCUT2D eigenvalue weighted by Crippen LogP contribution is 2.21. The number of nitrogens with two attached hydrogens (primary N) is 1. The summed E-state index contributed by atoms with van der Waals surface area (Å²) in [6.45, 7) is 1.57. The molecule has 72 valence electrons. The summed E-state index contributed by atoms with van der Waals surface area (Å²) in [5, 5.41) is 9.18. The number of aliphatic hydroxyl groups excluding tert-OH is 1. The van der Waals surface area contributed by atoms with Crippen LogP contribution >= 0.6 is 15.9 Å². The van der Waals surface area contributed by atoms with Crippen LogP contribution in [0.15, 0.2) is 22.7 Å². The maximum absolute atomic E-state index is 13.0. The topological polar surface area (TPSA) is 46.2 Å². The molecular formula is C9H11BrFNO. The highest BCUT2D eigenvalue weighted by atomic mass is 79.9. The Kier molecular flexibility index (Phi) is 3.41. The van der Waals surface area contributed by atoms with Gasteiger partial charge in [0.05, 0.1) is 16.6 Å². The molecule has 0 saturated carbocycles. The minimum absolute atomic E-state index is 0.367. The minimum Gasteiger partial charge on any atom is -0.391 e. The summed E-state index contributed by atoms with van der Waals surface area (Å²) in [5.41, 5.74) is 6.22. The Bertz CT molecular complexity index is 304. The van der Waals surface area contributed by atoms with E-state index in [4.69, 9.17) is 5.73 Å². The molecule has 0 radical (unpaired) electrons. The van der Waals surface area contributed by atoms with Gasteiger partial charge in [-0.15, -0.1) is 0 Å². The largest absolute Gasteiger partial charge is 0.391 e. The molecule has 0 aliphatic carbocycles. The van der Waals surface area contributed by atoms with Crippen LogP contribution in [0.3, 0.4) is 0 Å². The number of benzene rings is 1. The third-order valence-corrected chi connectivity index (χ3v) is 2.49. The van der Waals surface area contributed by atoms with Crippen LogP contribution < -0.4 is 5.73 Å². The van der Waals surface area contributed by atoms with E-state index < -0.39 is 12.1 Å². The summed E-state index contributed by atoms with van der Waals surface area (Å²) in [6.07, 6.45) is -0.680. The van der Waals surface area contributed by atoms with Crippen LogP contribution in [0.1, 0.15) is 18.5 Å². The van der Waals surface area contributed by atoms with Crippen molar-refractivity contribution in [3.05, 3.63) is 34.1 Å². The highest BCUT2D eigenvalue weighted by molar-refractivity contribution is 9.10. The fraction of sp³-hybridized carbons (Fsp3) is 0.333. The van der Waals surface area contributed by atoms with E-state index in [2.05, 4.69) is 15.9 Å². The SMILES string of the molecule is CC(O)[C@@H](N)c1ccc(Br)c(F)c1. The molecule has 2 atom stereocenters. The van der Waals surface area contributed by atoms with Crippen molar-refractivity contribution in [1.29, 1.82) is 0 Å². The van der Waals surface area contributed by atoms with Gasteiger partial charge in [-0.1, -0.05) is 6.07 Å². The Morgan fingerprint density at radius 1 is 1.54 bits per heavy atom. The van der Waals surface area contributed by atoms with Crippen molar-refractivity contribution >= 4 is 15.9 Å². The Labute approximate surface area is 84.7 Å². The average molecular weight is 248 g/mol. The molecule has 1 aromatic carbocycles. The third-order valence-electron chi connectivity index (χ3n) is 1.85. The lowest BCUT2D eigenvalue weighted by Crippen LogP contribution is -2.23. The molecule has 2 nitrogen and oxygen atoms in total. The Morgan fingerprint density at radius 2 is 2.15 bits per heavy atom. The van der Waals surface area contributed by atoms with E-state index in [1.807, 2.05) is 0 Å². The molecule has 0 aliphatic rings. The van der Waals surface area contributed by atoms with E-state index >= 15 is 0 Å². The molecule has 1 rings (SSSR count). The van der Waals surface area contributed by atoms with Gasteiger partial charge in [0.2, 0.25) is 0 Å². The summed E-state index contributed by atoms with van der Waals surface area (Å²) in [7, 11) is 0. The van der Waals surface area contributed by atoms with Crippen molar-refractivity contribution < 1.29 is 9.50 Å². The molecule has 4 heteroatoms. The summed E-state index contributed by atoms with van der Waals surface area (Å²) in [6, 6.07) is 4.04. The molecule has 0 heterocycles. The van der Waals surface area contributed by atoms with E-state index in [1.54, 1.807) is 19.1 Å². The van der Waals surface area contributed by atoms with Crippen LogP contribution in [0.5, 0.6) is 0 Å². The number of rotatable bonds is 2. The van der Waals surface area contributed by atoms with E-state index in [0.29, 0.717) is 10.0 Å². The number of halogens is 2. The third kappa shape index (κ3) is 2.49. The fourth-order valence-corrected chi connectivity index (χ4v) is 1.24. The predicted octanol–water partition coefficient (Wildman–Crippen LogP) is 1.97. The van der Waals surface area contributed by atoms with Crippen LogP contribution in [-0.2, 0) is 0 Å². The van der Waals surface area contributed by atoms with Crippen molar-refractivity contribution in [2.75, 3.05) is 0 Å². The Balaban J connectivity index is 2.97. The zero-order valence-corrected chi connectivity index (χ0v) is 8.75. The van der Waals surface area contributed by atoms with E-state index in [-0.39, 0.29) is 5.82 Å². The molecule has 0 saturated heterocycles. The molecule has 0 aromatic heterocycles. The molecule has 1 unspecified atom stereocenters. The highest BCUT2D eigenvalue weighted by Gasteiger charge is 2.13. The van der Waals surface area contributed by atoms with Gasteiger partial charge in [-0.05, 0) is 40.5 Å². The molecule has 1 aromatic rings. The normalized spacial score (nSPS) is 15.5. The second kappa shape index (κ2) is 4.17. The van der Waals surface area contributed by atoms with Gasteiger partial charge < -0.3 is 10.8 Å². The standard InChI is InChI=1S/C9H11BrFNO/c1-5(13)9(12)6-2-3-7(10)8(11)4-6/h2-5,9,13H,12H2,1H3/t5?,9-/m1/s1. The zero-order valence-electron chi connectivity index (χ0n) is 7.17. The molecule has 0 amide bonds. The van der Waals surface area contributed by atoms with Crippen molar-refractivity contribution in [3.63, 3.8) is 0 Å². The number of hydrogen-bond donors (Lipinski definition) is 2. The van der Waals surface area contributed by atoms with Gasteiger partial charge in [-0.25, -0.2) is 4.39 Å². The van der Waals surface area contributed by atoms with Crippen LogP contribution in [-0.4, -0.2) is 11.2 Å². The first-order valence-corrected chi connectivity index (χ1v) is 4.70. The second-order valence-corrected chi connectivity index (χ2v) is 3.79. The zero-order chi connectivity index (χ0) is 10.0. The summed E-state index contributed by atoms with van der Waals surface area (Å²) in [4.78, 5) is 0. The maximum Gasteiger partial charge on any atom is 0.137 e. The fourth-order valence-electron chi connectivity index (χ4n) is 0.998. The molecule has 3 N–H and O–H groups in total.